The predicted octanol–water partition coefficient (Wildman–Crippen LogP) is 2.03. The maximum atomic E-state index is 12.7. The van der Waals surface area contributed by atoms with Crippen molar-refractivity contribution in [1.82, 2.24) is 14.5 Å². The second-order valence-electron chi connectivity index (χ2n) is 4.55. The van der Waals surface area contributed by atoms with E-state index in [4.69, 9.17) is 4.74 Å². The Hall–Kier alpha value is -1.71. The quantitative estimate of drug-likeness (QED) is 0.810. The molecule has 0 radical (unpaired) electrons. The van der Waals surface area contributed by atoms with Crippen molar-refractivity contribution in [2.24, 2.45) is 0 Å². The molecule has 0 fully saturated rings. The van der Waals surface area contributed by atoms with Crippen LogP contribution in [-0.4, -0.2) is 42.5 Å². The number of rotatable bonds is 6. The summed E-state index contributed by atoms with van der Waals surface area (Å²) in [6.45, 7) is 3.59. The fourth-order valence-corrected chi connectivity index (χ4v) is 4.18. The van der Waals surface area contributed by atoms with Crippen molar-refractivity contribution in [3.8, 4) is 0 Å². The number of hydrogen-bond acceptors (Lipinski definition) is 6. The molecule has 0 aliphatic heterocycles. The van der Waals surface area contributed by atoms with Gasteiger partial charge in [-0.15, -0.1) is 11.3 Å². The number of ether oxygens (including phenoxy) is 1. The van der Waals surface area contributed by atoms with E-state index in [0.717, 1.165) is 11.1 Å². The molecule has 0 aromatic carbocycles. The van der Waals surface area contributed by atoms with Gasteiger partial charge in [-0.1, -0.05) is 6.07 Å². The van der Waals surface area contributed by atoms with E-state index in [1.54, 1.807) is 13.8 Å². The monoisotopic (exact) mass is 343 g/mol. The lowest BCUT2D eigenvalue weighted by atomic mass is 10.3. The summed E-state index contributed by atoms with van der Waals surface area (Å²) in [6, 6.07) is 3.36. The maximum Gasteiger partial charge on any atom is 0.342 e. The molecule has 0 aliphatic carbocycles. The molecule has 1 N–H and O–H groups in total. The third-order valence-corrected chi connectivity index (χ3v) is 6.18. The molecular weight excluding hydrogens is 326 g/mol. The smallest absolute Gasteiger partial charge is 0.342 e. The topological polar surface area (TPSA) is 92.4 Å². The number of nitrogens with zero attached hydrogens (tertiary/aromatic N) is 2. The largest absolute Gasteiger partial charge is 0.462 e. The Bertz CT molecular complexity index is 737. The van der Waals surface area contributed by atoms with Gasteiger partial charge in [-0.05, 0) is 25.3 Å². The van der Waals surface area contributed by atoms with Crippen molar-refractivity contribution in [2.75, 3.05) is 13.7 Å². The number of carbonyl (C=O) groups is 1. The van der Waals surface area contributed by atoms with E-state index in [2.05, 4.69) is 10.2 Å². The van der Waals surface area contributed by atoms with Crippen LogP contribution in [0.25, 0.3) is 0 Å². The number of esters is 1. The van der Waals surface area contributed by atoms with E-state index >= 15 is 0 Å². The number of aromatic nitrogens is 2. The molecule has 9 heteroatoms. The van der Waals surface area contributed by atoms with Crippen molar-refractivity contribution in [3.05, 3.63) is 34.2 Å². The average molecular weight is 343 g/mol. The van der Waals surface area contributed by atoms with Crippen LogP contribution in [0.15, 0.2) is 28.7 Å². The molecule has 2 heterocycles. The number of nitrogens with one attached hydrogen (secondary N) is 1. The van der Waals surface area contributed by atoms with Crippen molar-refractivity contribution >= 4 is 27.3 Å². The van der Waals surface area contributed by atoms with Gasteiger partial charge in [-0.2, -0.15) is 9.40 Å². The predicted molar refractivity (Wildman–Crippen MR) is 82.2 cm³/mol. The Labute approximate surface area is 133 Å². The molecule has 0 saturated heterocycles. The van der Waals surface area contributed by atoms with Crippen LogP contribution in [0.1, 0.15) is 35.1 Å². The lowest BCUT2D eigenvalue weighted by molar-refractivity contribution is 0.0521. The fourth-order valence-electron chi connectivity index (χ4n) is 1.89. The third kappa shape index (κ3) is 3.06. The zero-order chi connectivity index (χ0) is 16.3. The molecule has 0 amide bonds. The number of aromatic amines is 1. The van der Waals surface area contributed by atoms with E-state index in [1.807, 2.05) is 17.5 Å². The molecule has 2 aromatic rings. The molecule has 7 nitrogen and oxygen atoms in total. The molecule has 2 aromatic heterocycles. The Morgan fingerprint density at radius 3 is 2.86 bits per heavy atom. The molecule has 0 bridgehead atoms. The van der Waals surface area contributed by atoms with Gasteiger partial charge in [-0.25, -0.2) is 13.2 Å². The van der Waals surface area contributed by atoms with E-state index < -0.39 is 16.0 Å². The second-order valence-corrected chi connectivity index (χ2v) is 7.46. The van der Waals surface area contributed by atoms with E-state index in [9.17, 15) is 13.2 Å². The van der Waals surface area contributed by atoms with Gasteiger partial charge in [0.15, 0.2) is 5.03 Å². The summed E-state index contributed by atoms with van der Waals surface area (Å²) in [5, 5.41) is 7.69. The second kappa shape index (κ2) is 6.59. The van der Waals surface area contributed by atoms with Gasteiger partial charge < -0.3 is 4.74 Å². The van der Waals surface area contributed by atoms with Gasteiger partial charge in [0.25, 0.3) is 10.0 Å². The summed E-state index contributed by atoms with van der Waals surface area (Å²) in [4.78, 5) is 12.7. The van der Waals surface area contributed by atoms with Crippen molar-refractivity contribution in [1.29, 1.82) is 0 Å². The number of H-pyrrole nitrogens is 1. The summed E-state index contributed by atoms with van der Waals surface area (Å²) < 4.78 is 31.5. The van der Waals surface area contributed by atoms with Gasteiger partial charge in [0.2, 0.25) is 0 Å². The van der Waals surface area contributed by atoms with Gasteiger partial charge in [0.05, 0.1) is 18.8 Å². The van der Waals surface area contributed by atoms with Gasteiger partial charge in [0.1, 0.15) is 5.56 Å². The van der Waals surface area contributed by atoms with E-state index in [0.29, 0.717) is 0 Å². The van der Waals surface area contributed by atoms with Crippen LogP contribution in [0.2, 0.25) is 0 Å². The molecule has 0 spiro atoms. The Morgan fingerprint density at radius 1 is 1.55 bits per heavy atom. The summed E-state index contributed by atoms with van der Waals surface area (Å²) in [5.41, 5.74) is -0.0907. The van der Waals surface area contributed by atoms with Crippen LogP contribution in [0, 0.1) is 0 Å². The minimum Gasteiger partial charge on any atom is -0.462 e. The zero-order valence-corrected chi connectivity index (χ0v) is 14.1. The maximum absolute atomic E-state index is 12.7. The number of thiophene rings is 1. The Morgan fingerprint density at radius 2 is 2.27 bits per heavy atom. The molecular formula is C13H17N3O4S2. The highest BCUT2D eigenvalue weighted by atomic mass is 32.2. The molecule has 0 unspecified atom stereocenters. The lowest BCUT2D eigenvalue weighted by Gasteiger charge is -2.23. The fraction of sp³-hybridized carbons (Fsp3) is 0.385. The first-order chi connectivity index (χ1) is 10.4. The minimum atomic E-state index is -3.89. The number of sulfonamides is 1. The summed E-state index contributed by atoms with van der Waals surface area (Å²) >= 11 is 1.47. The van der Waals surface area contributed by atoms with Crippen LogP contribution in [-0.2, 0) is 14.8 Å². The summed E-state index contributed by atoms with van der Waals surface area (Å²) in [6.07, 6.45) is 1.16. The van der Waals surface area contributed by atoms with Crippen LogP contribution < -0.4 is 0 Å². The third-order valence-electron chi connectivity index (χ3n) is 3.24. The molecule has 2 rings (SSSR count). The molecule has 0 saturated carbocycles. The normalized spacial score (nSPS) is 13.3. The first-order valence-corrected chi connectivity index (χ1v) is 8.93. The molecule has 120 valence electrons. The van der Waals surface area contributed by atoms with Crippen molar-refractivity contribution in [2.45, 2.75) is 24.9 Å². The summed E-state index contributed by atoms with van der Waals surface area (Å²) in [5.74, 6) is -0.716. The highest BCUT2D eigenvalue weighted by Crippen LogP contribution is 2.29. The van der Waals surface area contributed by atoms with Crippen molar-refractivity contribution < 1.29 is 17.9 Å². The van der Waals surface area contributed by atoms with Crippen LogP contribution in [0.4, 0.5) is 0 Å². The van der Waals surface area contributed by atoms with E-state index in [-0.39, 0.29) is 23.2 Å². The average Bonchev–Trinajstić information content (AvgIpc) is 3.16. The van der Waals surface area contributed by atoms with Crippen LogP contribution >= 0.6 is 11.3 Å². The van der Waals surface area contributed by atoms with Gasteiger partial charge in [-0.3, -0.25) is 5.10 Å². The first kappa shape index (κ1) is 16.7. The minimum absolute atomic E-state index is 0.0907. The van der Waals surface area contributed by atoms with Gasteiger partial charge >= 0.3 is 5.97 Å². The van der Waals surface area contributed by atoms with Crippen LogP contribution in [0.5, 0.6) is 0 Å². The standard InChI is InChI=1S/C13H17N3O4S2/c1-4-20-13(17)10-8-14-15-12(10)22(18,19)16(3)9(2)11-6-5-7-21-11/h5-9H,4H2,1-3H3,(H,14,15)/t9-/m0/s1. The molecule has 0 aliphatic rings. The molecule has 22 heavy (non-hydrogen) atoms. The highest BCUT2D eigenvalue weighted by molar-refractivity contribution is 7.89. The van der Waals surface area contributed by atoms with Crippen LogP contribution in [0.3, 0.4) is 0 Å². The molecule has 1 atom stereocenters. The SMILES string of the molecule is CCOC(=O)c1cn[nH]c1S(=O)(=O)N(C)[C@@H](C)c1cccs1. The Kier molecular flexibility index (Phi) is 4.99. The van der Waals surface area contributed by atoms with Crippen molar-refractivity contribution in [3.63, 3.8) is 0 Å². The summed E-state index contributed by atoms with van der Waals surface area (Å²) in [7, 11) is -2.43. The van der Waals surface area contributed by atoms with Gasteiger partial charge in [0, 0.05) is 11.9 Å². The van der Waals surface area contributed by atoms with E-state index in [1.165, 1.54) is 22.7 Å². The lowest BCUT2D eigenvalue weighted by Crippen LogP contribution is -2.30. The number of carbonyl (C=O) groups excluding carboxylic acids is 1. The Balaban J connectivity index is 2.35. The first-order valence-electron chi connectivity index (χ1n) is 6.61. The highest BCUT2D eigenvalue weighted by Gasteiger charge is 2.32. The number of hydrogen-bond donors (Lipinski definition) is 1. The zero-order valence-electron chi connectivity index (χ0n) is 12.4.